The average Bonchev–Trinajstić information content (AvgIpc) is 2.91. The maximum Gasteiger partial charge on any atom is 0.338 e. The van der Waals surface area contributed by atoms with E-state index in [0.717, 1.165) is 17.4 Å². The minimum absolute atomic E-state index is 0.305. The highest BCUT2D eigenvalue weighted by molar-refractivity contribution is 9.10. The Balaban J connectivity index is 1.72. The van der Waals surface area contributed by atoms with Crippen LogP contribution < -0.4 is 5.73 Å². The topological polar surface area (TPSA) is 55.6 Å². The van der Waals surface area contributed by atoms with Gasteiger partial charge in [0.1, 0.15) is 0 Å². The molecule has 0 radical (unpaired) electrons. The number of carbonyl (C=O) groups is 1. The molecule has 5 heteroatoms. The third kappa shape index (κ3) is 4.21. The van der Waals surface area contributed by atoms with Crippen LogP contribution in [0.1, 0.15) is 29.6 Å². The van der Waals surface area contributed by atoms with Crippen LogP contribution in [0, 0.1) is 0 Å². The number of halogens is 1. The zero-order valence-corrected chi connectivity index (χ0v) is 12.5. The number of benzene rings is 1. The maximum atomic E-state index is 11.8. The lowest BCUT2D eigenvalue weighted by Crippen LogP contribution is -2.22. The van der Waals surface area contributed by atoms with E-state index in [2.05, 4.69) is 20.8 Å². The number of rotatable bonds is 5. The van der Waals surface area contributed by atoms with Gasteiger partial charge < -0.3 is 15.4 Å². The Morgan fingerprint density at radius 1 is 1.37 bits per heavy atom. The molecule has 2 rings (SSSR count). The number of nitrogens with two attached hydrogens (primary N) is 1. The molecule has 1 aliphatic rings. The van der Waals surface area contributed by atoms with E-state index in [1.807, 2.05) is 0 Å². The Labute approximate surface area is 122 Å². The van der Waals surface area contributed by atoms with E-state index < -0.39 is 0 Å². The summed E-state index contributed by atoms with van der Waals surface area (Å²) in [5.41, 5.74) is 6.78. The summed E-state index contributed by atoms with van der Waals surface area (Å²) in [6.07, 6.45) is 3.47. The predicted molar refractivity (Wildman–Crippen MR) is 79.1 cm³/mol. The lowest BCUT2D eigenvalue weighted by atomic mass is 10.2. The molecular weight excluding hydrogens is 308 g/mol. The summed E-state index contributed by atoms with van der Waals surface area (Å²) in [5, 5.41) is 0. The number of nitrogens with zero attached hydrogens (tertiary/aromatic N) is 1. The summed E-state index contributed by atoms with van der Waals surface area (Å²) in [6.45, 7) is 3.83. The van der Waals surface area contributed by atoms with E-state index in [4.69, 9.17) is 10.5 Å². The molecule has 2 N–H and O–H groups in total. The van der Waals surface area contributed by atoms with Gasteiger partial charge in [-0.25, -0.2) is 4.79 Å². The van der Waals surface area contributed by atoms with Gasteiger partial charge >= 0.3 is 5.97 Å². The molecule has 0 saturated carbocycles. The van der Waals surface area contributed by atoms with E-state index in [1.54, 1.807) is 18.2 Å². The van der Waals surface area contributed by atoms with Gasteiger partial charge in [-0.2, -0.15) is 0 Å². The first-order chi connectivity index (χ1) is 9.16. The van der Waals surface area contributed by atoms with Crippen molar-refractivity contribution in [1.29, 1.82) is 0 Å². The van der Waals surface area contributed by atoms with Gasteiger partial charge in [-0.3, -0.25) is 0 Å². The van der Waals surface area contributed by atoms with Crippen LogP contribution in [-0.4, -0.2) is 37.1 Å². The number of anilines is 1. The first-order valence-electron chi connectivity index (χ1n) is 6.61. The van der Waals surface area contributed by atoms with Crippen LogP contribution in [0.2, 0.25) is 0 Å². The Kier molecular flexibility index (Phi) is 5.22. The Hall–Kier alpha value is -1.07. The van der Waals surface area contributed by atoms with E-state index in [-0.39, 0.29) is 5.97 Å². The van der Waals surface area contributed by atoms with Crippen molar-refractivity contribution in [2.24, 2.45) is 0 Å². The molecule has 0 atom stereocenters. The number of nitrogen functional groups attached to an aromatic ring is 1. The fourth-order valence-electron chi connectivity index (χ4n) is 2.21. The molecule has 19 heavy (non-hydrogen) atoms. The Bertz CT molecular complexity index is 445. The zero-order valence-electron chi connectivity index (χ0n) is 10.9. The first-order valence-corrected chi connectivity index (χ1v) is 7.40. The molecule has 1 aliphatic heterocycles. The van der Waals surface area contributed by atoms with Crippen LogP contribution in [0.15, 0.2) is 22.7 Å². The summed E-state index contributed by atoms with van der Waals surface area (Å²) in [5.74, 6) is -0.305. The van der Waals surface area contributed by atoms with Crippen LogP contribution in [0.3, 0.4) is 0 Å². The molecule has 1 aromatic carbocycles. The quantitative estimate of drug-likeness (QED) is 0.513. The molecule has 104 valence electrons. The van der Waals surface area contributed by atoms with Crippen molar-refractivity contribution in [3.8, 4) is 0 Å². The van der Waals surface area contributed by atoms with Crippen molar-refractivity contribution in [2.45, 2.75) is 19.3 Å². The molecule has 1 saturated heterocycles. The fourth-order valence-corrected chi connectivity index (χ4v) is 2.46. The third-order valence-electron chi connectivity index (χ3n) is 3.28. The molecule has 4 nitrogen and oxygen atoms in total. The first kappa shape index (κ1) is 14.3. The Morgan fingerprint density at radius 2 is 2.11 bits per heavy atom. The molecule has 0 spiro atoms. The van der Waals surface area contributed by atoms with Gasteiger partial charge in [0.05, 0.1) is 12.2 Å². The standard InChI is InChI=1S/C14H19BrN2O2/c15-12-5-4-11(10-13(12)16)14(18)19-9-3-8-17-6-1-2-7-17/h4-5,10H,1-3,6-9,16H2. The number of hydrogen-bond acceptors (Lipinski definition) is 4. The lowest BCUT2D eigenvalue weighted by molar-refractivity contribution is 0.0491. The minimum Gasteiger partial charge on any atom is -0.462 e. The van der Waals surface area contributed by atoms with E-state index in [9.17, 15) is 4.79 Å². The SMILES string of the molecule is Nc1cc(C(=O)OCCCN2CCCC2)ccc1Br. The van der Waals surface area contributed by atoms with Crippen molar-refractivity contribution in [2.75, 3.05) is 32.0 Å². The number of likely N-dealkylation sites (tertiary alicyclic amines) is 1. The summed E-state index contributed by atoms with van der Waals surface area (Å²) < 4.78 is 6.04. The zero-order chi connectivity index (χ0) is 13.7. The van der Waals surface area contributed by atoms with E-state index in [0.29, 0.717) is 17.9 Å². The fraction of sp³-hybridized carbons (Fsp3) is 0.500. The second-order valence-corrected chi connectivity index (χ2v) is 5.63. The van der Waals surface area contributed by atoms with Crippen LogP contribution in [0.25, 0.3) is 0 Å². The molecular formula is C14H19BrN2O2. The lowest BCUT2D eigenvalue weighted by Gasteiger charge is -2.14. The van der Waals surface area contributed by atoms with E-state index in [1.165, 1.54) is 25.9 Å². The van der Waals surface area contributed by atoms with Crippen molar-refractivity contribution < 1.29 is 9.53 Å². The van der Waals surface area contributed by atoms with Gasteiger partial charge in [0.2, 0.25) is 0 Å². The third-order valence-corrected chi connectivity index (χ3v) is 4.00. The van der Waals surface area contributed by atoms with Crippen LogP contribution in [0.5, 0.6) is 0 Å². The van der Waals surface area contributed by atoms with Crippen LogP contribution in [-0.2, 0) is 4.74 Å². The van der Waals surface area contributed by atoms with Gasteiger partial charge in [0.15, 0.2) is 0 Å². The highest BCUT2D eigenvalue weighted by atomic mass is 79.9. The van der Waals surface area contributed by atoms with Gasteiger partial charge in [0.25, 0.3) is 0 Å². The molecule has 0 unspecified atom stereocenters. The van der Waals surface area contributed by atoms with Crippen molar-refractivity contribution in [3.63, 3.8) is 0 Å². The van der Waals surface area contributed by atoms with Gasteiger partial charge in [-0.05, 0) is 66.5 Å². The van der Waals surface area contributed by atoms with Crippen molar-refractivity contribution >= 4 is 27.6 Å². The normalized spacial score (nSPS) is 15.6. The van der Waals surface area contributed by atoms with Crippen molar-refractivity contribution in [1.82, 2.24) is 4.90 Å². The second-order valence-electron chi connectivity index (χ2n) is 4.77. The van der Waals surface area contributed by atoms with E-state index >= 15 is 0 Å². The number of hydrogen-bond donors (Lipinski definition) is 1. The second kappa shape index (κ2) is 6.91. The van der Waals surface area contributed by atoms with Gasteiger partial charge in [0, 0.05) is 16.7 Å². The summed E-state index contributed by atoms with van der Waals surface area (Å²) >= 11 is 3.30. The van der Waals surface area contributed by atoms with Crippen LogP contribution in [0.4, 0.5) is 5.69 Å². The molecule has 1 aromatic rings. The minimum atomic E-state index is -0.305. The molecule has 0 amide bonds. The molecule has 1 fully saturated rings. The van der Waals surface area contributed by atoms with Gasteiger partial charge in [-0.15, -0.1) is 0 Å². The molecule has 0 bridgehead atoms. The highest BCUT2D eigenvalue weighted by Crippen LogP contribution is 2.20. The summed E-state index contributed by atoms with van der Waals surface area (Å²) in [7, 11) is 0. The summed E-state index contributed by atoms with van der Waals surface area (Å²) in [4.78, 5) is 14.2. The molecule has 1 heterocycles. The number of ether oxygens (including phenoxy) is 1. The Morgan fingerprint density at radius 3 is 2.79 bits per heavy atom. The smallest absolute Gasteiger partial charge is 0.338 e. The maximum absolute atomic E-state index is 11.8. The largest absolute Gasteiger partial charge is 0.462 e. The monoisotopic (exact) mass is 326 g/mol. The molecule has 0 aliphatic carbocycles. The van der Waals surface area contributed by atoms with Crippen molar-refractivity contribution in [3.05, 3.63) is 28.2 Å². The molecule has 0 aromatic heterocycles. The van der Waals surface area contributed by atoms with Gasteiger partial charge in [-0.1, -0.05) is 0 Å². The predicted octanol–water partition coefficient (Wildman–Crippen LogP) is 2.67. The van der Waals surface area contributed by atoms with Crippen LogP contribution >= 0.6 is 15.9 Å². The average molecular weight is 327 g/mol. The highest BCUT2D eigenvalue weighted by Gasteiger charge is 2.12. The number of esters is 1. The summed E-state index contributed by atoms with van der Waals surface area (Å²) in [6, 6.07) is 5.10. The number of carbonyl (C=O) groups excluding carboxylic acids is 1.